The number of carbonyl (C=O) groups excluding carboxylic acids is 1. The van der Waals surface area contributed by atoms with Gasteiger partial charge in [-0.15, -0.1) is 0 Å². The van der Waals surface area contributed by atoms with E-state index in [0.29, 0.717) is 12.3 Å². The van der Waals surface area contributed by atoms with Crippen LogP contribution in [0, 0.1) is 0 Å². The number of nitrogens with zero attached hydrogens (tertiary/aromatic N) is 2. The van der Waals surface area contributed by atoms with Crippen LogP contribution in [0.4, 0.5) is 5.95 Å². The highest BCUT2D eigenvalue weighted by Crippen LogP contribution is 2.17. The van der Waals surface area contributed by atoms with Gasteiger partial charge in [0.15, 0.2) is 0 Å². The molecule has 1 aromatic heterocycles. The molecule has 1 aromatic carbocycles. The maximum absolute atomic E-state index is 10.1. The van der Waals surface area contributed by atoms with Crippen molar-refractivity contribution in [2.24, 2.45) is 0 Å². The third-order valence-corrected chi connectivity index (χ3v) is 1.63. The quantitative estimate of drug-likeness (QED) is 0.739. The van der Waals surface area contributed by atoms with E-state index in [4.69, 9.17) is 4.52 Å². The van der Waals surface area contributed by atoms with Gasteiger partial charge in [0, 0.05) is 5.56 Å². The Kier molecular flexibility index (Phi) is 2.22. The minimum Gasteiger partial charge on any atom is -0.332 e. The molecule has 0 saturated carbocycles. The molecule has 0 atom stereocenters. The standard InChI is InChI=1S/C9H7N3O2/c13-6-10-9-11-8(14-12-9)7-4-2-1-3-5-7/h1-6H,(H,10,12,13). The molecular formula is C9H7N3O2. The summed E-state index contributed by atoms with van der Waals surface area (Å²) >= 11 is 0. The van der Waals surface area contributed by atoms with Gasteiger partial charge in [0.1, 0.15) is 0 Å². The third-order valence-electron chi connectivity index (χ3n) is 1.63. The van der Waals surface area contributed by atoms with Crippen molar-refractivity contribution in [1.29, 1.82) is 0 Å². The van der Waals surface area contributed by atoms with E-state index in [0.717, 1.165) is 5.56 Å². The van der Waals surface area contributed by atoms with Crippen LogP contribution in [0.25, 0.3) is 11.5 Å². The molecule has 5 heteroatoms. The van der Waals surface area contributed by atoms with Crippen LogP contribution in [0.2, 0.25) is 0 Å². The van der Waals surface area contributed by atoms with Crippen LogP contribution in [0.5, 0.6) is 0 Å². The van der Waals surface area contributed by atoms with Crippen molar-refractivity contribution in [3.05, 3.63) is 30.3 Å². The summed E-state index contributed by atoms with van der Waals surface area (Å²) in [6, 6.07) is 9.32. The number of aromatic nitrogens is 2. The molecule has 0 spiro atoms. The van der Waals surface area contributed by atoms with Crippen LogP contribution in [0.3, 0.4) is 0 Å². The zero-order valence-corrected chi connectivity index (χ0v) is 7.18. The lowest BCUT2D eigenvalue weighted by atomic mass is 10.2. The lowest BCUT2D eigenvalue weighted by Gasteiger charge is -1.89. The molecule has 1 amide bonds. The van der Waals surface area contributed by atoms with Crippen molar-refractivity contribution in [1.82, 2.24) is 10.1 Å². The average Bonchev–Trinajstić information content (AvgIpc) is 2.68. The summed E-state index contributed by atoms with van der Waals surface area (Å²) in [4.78, 5) is 14.0. The summed E-state index contributed by atoms with van der Waals surface area (Å²) in [7, 11) is 0. The average molecular weight is 189 g/mol. The van der Waals surface area contributed by atoms with Gasteiger partial charge < -0.3 is 4.52 Å². The van der Waals surface area contributed by atoms with E-state index in [1.165, 1.54) is 0 Å². The lowest BCUT2D eigenvalue weighted by Crippen LogP contribution is -1.94. The SMILES string of the molecule is O=CNc1noc(-c2ccccc2)n1. The molecule has 5 nitrogen and oxygen atoms in total. The molecule has 1 N–H and O–H groups in total. The Morgan fingerprint density at radius 3 is 2.79 bits per heavy atom. The van der Waals surface area contributed by atoms with Gasteiger partial charge in [-0.25, -0.2) is 0 Å². The van der Waals surface area contributed by atoms with Crippen molar-refractivity contribution in [2.45, 2.75) is 0 Å². The van der Waals surface area contributed by atoms with Crippen molar-refractivity contribution in [2.75, 3.05) is 5.32 Å². The molecule has 0 aliphatic carbocycles. The van der Waals surface area contributed by atoms with Crippen LogP contribution in [-0.2, 0) is 4.79 Å². The van der Waals surface area contributed by atoms with E-state index in [-0.39, 0.29) is 5.95 Å². The van der Waals surface area contributed by atoms with E-state index in [1.807, 2.05) is 30.3 Å². The Morgan fingerprint density at radius 1 is 1.29 bits per heavy atom. The number of benzene rings is 1. The van der Waals surface area contributed by atoms with Gasteiger partial charge in [-0.3, -0.25) is 10.1 Å². The van der Waals surface area contributed by atoms with Crippen LogP contribution >= 0.6 is 0 Å². The predicted molar refractivity (Wildman–Crippen MR) is 49.4 cm³/mol. The molecule has 14 heavy (non-hydrogen) atoms. The van der Waals surface area contributed by atoms with E-state index in [1.54, 1.807) is 0 Å². The summed E-state index contributed by atoms with van der Waals surface area (Å²) in [6.07, 6.45) is 0.500. The normalized spacial score (nSPS) is 9.71. The smallest absolute Gasteiger partial charge is 0.270 e. The summed E-state index contributed by atoms with van der Waals surface area (Å²) in [5, 5.41) is 5.85. The fraction of sp³-hybridized carbons (Fsp3) is 0. The molecule has 2 aromatic rings. The Balaban J connectivity index is 2.29. The molecular weight excluding hydrogens is 182 g/mol. The molecule has 70 valence electrons. The topological polar surface area (TPSA) is 68.0 Å². The Bertz CT molecular complexity index is 425. The molecule has 0 saturated heterocycles. The van der Waals surface area contributed by atoms with Crippen molar-refractivity contribution >= 4 is 12.4 Å². The molecule has 0 aliphatic heterocycles. The maximum atomic E-state index is 10.1. The van der Waals surface area contributed by atoms with Gasteiger partial charge >= 0.3 is 0 Å². The number of hydrogen-bond donors (Lipinski definition) is 1. The van der Waals surface area contributed by atoms with Crippen molar-refractivity contribution in [3.63, 3.8) is 0 Å². The highest BCUT2D eigenvalue weighted by atomic mass is 16.5. The number of hydrogen-bond acceptors (Lipinski definition) is 4. The Hall–Kier alpha value is -2.17. The van der Waals surface area contributed by atoms with E-state index in [9.17, 15) is 4.79 Å². The number of nitrogens with one attached hydrogen (secondary N) is 1. The molecule has 0 aliphatic rings. The summed E-state index contributed by atoms with van der Waals surface area (Å²) < 4.78 is 4.92. The van der Waals surface area contributed by atoms with E-state index < -0.39 is 0 Å². The fourth-order valence-electron chi connectivity index (χ4n) is 1.03. The first-order valence-corrected chi connectivity index (χ1v) is 3.99. The third kappa shape index (κ3) is 1.61. The van der Waals surface area contributed by atoms with Gasteiger partial charge in [-0.1, -0.05) is 18.2 Å². The molecule has 2 rings (SSSR count). The zero-order chi connectivity index (χ0) is 9.80. The van der Waals surface area contributed by atoms with Gasteiger partial charge in [0.25, 0.3) is 11.8 Å². The minimum absolute atomic E-state index is 0.166. The van der Waals surface area contributed by atoms with E-state index >= 15 is 0 Å². The van der Waals surface area contributed by atoms with Crippen LogP contribution in [-0.4, -0.2) is 16.6 Å². The Labute approximate surface area is 79.7 Å². The summed E-state index contributed by atoms with van der Waals surface area (Å²) in [5.41, 5.74) is 0.818. The van der Waals surface area contributed by atoms with Crippen LogP contribution < -0.4 is 5.32 Å². The van der Waals surface area contributed by atoms with Crippen LogP contribution in [0.1, 0.15) is 0 Å². The molecule has 0 radical (unpaired) electrons. The number of rotatable bonds is 3. The second kappa shape index (κ2) is 3.69. The number of carbonyl (C=O) groups is 1. The lowest BCUT2D eigenvalue weighted by molar-refractivity contribution is -0.105. The zero-order valence-electron chi connectivity index (χ0n) is 7.18. The minimum atomic E-state index is 0.166. The second-order valence-corrected chi connectivity index (χ2v) is 2.55. The van der Waals surface area contributed by atoms with Gasteiger partial charge in [0.2, 0.25) is 6.41 Å². The fourth-order valence-corrected chi connectivity index (χ4v) is 1.03. The monoisotopic (exact) mass is 189 g/mol. The van der Waals surface area contributed by atoms with Crippen molar-refractivity contribution in [3.8, 4) is 11.5 Å². The highest BCUT2D eigenvalue weighted by Gasteiger charge is 2.06. The van der Waals surface area contributed by atoms with Gasteiger partial charge in [0.05, 0.1) is 0 Å². The van der Waals surface area contributed by atoms with Crippen molar-refractivity contribution < 1.29 is 9.32 Å². The first-order chi connectivity index (χ1) is 6.90. The molecule has 0 fully saturated rings. The molecule has 1 heterocycles. The summed E-state index contributed by atoms with van der Waals surface area (Å²) in [5.74, 6) is 0.550. The molecule has 0 unspecified atom stereocenters. The van der Waals surface area contributed by atoms with E-state index in [2.05, 4.69) is 15.5 Å². The first kappa shape index (κ1) is 8.43. The number of anilines is 1. The summed E-state index contributed by atoms with van der Waals surface area (Å²) in [6.45, 7) is 0. The Morgan fingerprint density at radius 2 is 2.07 bits per heavy atom. The largest absolute Gasteiger partial charge is 0.332 e. The maximum Gasteiger partial charge on any atom is 0.270 e. The molecule has 0 bridgehead atoms. The van der Waals surface area contributed by atoms with Gasteiger partial charge in [-0.2, -0.15) is 4.98 Å². The van der Waals surface area contributed by atoms with Crippen LogP contribution in [0.15, 0.2) is 34.9 Å². The predicted octanol–water partition coefficient (Wildman–Crippen LogP) is 1.30. The second-order valence-electron chi connectivity index (χ2n) is 2.55. The number of amides is 1. The first-order valence-electron chi connectivity index (χ1n) is 3.99. The van der Waals surface area contributed by atoms with Gasteiger partial charge in [-0.05, 0) is 17.3 Å². The highest BCUT2D eigenvalue weighted by molar-refractivity contribution is 5.67.